The normalized spacial score (nSPS) is 14.4. The third kappa shape index (κ3) is 5.60. The summed E-state index contributed by atoms with van der Waals surface area (Å²) in [5, 5.41) is 13.2. The number of amides is 3. The Morgan fingerprint density at radius 2 is 1.74 bits per heavy atom. The van der Waals surface area contributed by atoms with E-state index in [1.54, 1.807) is 36.4 Å². The maximum Gasteiger partial charge on any atom is 0.319 e. The molecule has 3 amide bonds. The van der Waals surface area contributed by atoms with Crippen molar-refractivity contribution in [1.29, 1.82) is 0 Å². The van der Waals surface area contributed by atoms with E-state index >= 15 is 0 Å². The number of carbonyl (C=O) groups excluding carboxylic acids is 2. The summed E-state index contributed by atoms with van der Waals surface area (Å²) in [6.07, 6.45) is 0.383. The van der Waals surface area contributed by atoms with Crippen LogP contribution in [0.2, 0.25) is 10.0 Å². The molecule has 9 heteroatoms. The number of hydrogen-bond acceptors (Lipinski definition) is 4. The fourth-order valence-corrected chi connectivity index (χ4v) is 2.70. The highest BCUT2D eigenvalue weighted by Crippen LogP contribution is 2.14. The largest absolute Gasteiger partial charge is 0.384 e. The predicted octanol–water partition coefficient (Wildman–Crippen LogP) is 3.19. The van der Waals surface area contributed by atoms with Crippen molar-refractivity contribution in [2.75, 3.05) is 11.9 Å². The summed E-state index contributed by atoms with van der Waals surface area (Å²) in [6, 6.07) is 12.8. The molecular formula is C18H16Cl2N4O3. The van der Waals surface area contributed by atoms with E-state index in [1.807, 2.05) is 12.1 Å². The second-order valence-electron chi connectivity index (χ2n) is 5.79. The second kappa shape index (κ2) is 8.75. The standard InChI is InChI=1S/C18H16Cl2N4O3/c19-12-3-1-11(2-4-12)9-15(17-23-16(25)10-27-24-17)22-18(26)21-14-7-5-13(20)6-8-14/h1-8,15H,9-10H2,(H2,21,22,26)(H,23,24,25)/t15-/m0/s1. The zero-order chi connectivity index (χ0) is 19.2. The molecule has 0 saturated carbocycles. The van der Waals surface area contributed by atoms with E-state index in [0.29, 0.717) is 22.2 Å². The van der Waals surface area contributed by atoms with Crippen molar-refractivity contribution in [3.8, 4) is 0 Å². The number of benzene rings is 2. The van der Waals surface area contributed by atoms with Gasteiger partial charge in [-0.25, -0.2) is 4.79 Å². The van der Waals surface area contributed by atoms with Crippen LogP contribution in [0.3, 0.4) is 0 Å². The Hall–Kier alpha value is -2.77. The number of hydrogen-bond donors (Lipinski definition) is 3. The van der Waals surface area contributed by atoms with Gasteiger partial charge in [0.05, 0.1) is 6.04 Å². The summed E-state index contributed by atoms with van der Waals surface area (Å²) >= 11 is 11.8. The van der Waals surface area contributed by atoms with Crippen molar-refractivity contribution < 1.29 is 14.4 Å². The van der Waals surface area contributed by atoms with Gasteiger partial charge in [-0.05, 0) is 42.0 Å². The zero-order valence-electron chi connectivity index (χ0n) is 14.0. The van der Waals surface area contributed by atoms with Crippen LogP contribution in [0.15, 0.2) is 53.7 Å². The molecule has 1 aliphatic heterocycles. The van der Waals surface area contributed by atoms with Crippen molar-refractivity contribution in [3.05, 3.63) is 64.1 Å². The first-order chi connectivity index (χ1) is 13.0. The van der Waals surface area contributed by atoms with E-state index in [4.69, 9.17) is 28.0 Å². The van der Waals surface area contributed by atoms with E-state index in [2.05, 4.69) is 21.1 Å². The highest BCUT2D eigenvalue weighted by atomic mass is 35.5. The summed E-state index contributed by atoms with van der Waals surface area (Å²) in [7, 11) is 0. The second-order valence-corrected chi connectivity index (χ2v) is 6.66. The summed E-state index contributed by atoms with van der Waals surface area (Å²) in [4.78, 5) is 28.9. The van der Waals surface area contributed by atoms with Crippen LogP contribution in [-0.2, 0) is 16.1 Å². The monoisotopic (exact) mass is 406 g/mol. The first kappa shape index (κ1) is 19.0. The van der Waals surface area contributed by atoms with E-state index in [1.165, 1.54) is 0 Å². The van der Waals surface area contributed by atoms with Crippen LogP contribution >= 0.6 is 23.2 Å². The van der Waals surface area contributed by atoms with Gasteiger partial charge in [0.15, 0.2) is 12.4 Å². The Bertz CT molecular complexity index is 854. The summed E-state index contributed by atoms with van der Waals surface area (Å²) in [5.41, 5.74) is 1.48. The number of carbonyl (C=O) groups is 2. The smallest absolute Gasteiger partial charge is 0.319 e. The minimum absolute atomic E-state index is 0.159. The molecule has 140 valence electrons. The van der Waals surface area contributed by atoms with E-state index in [9.17, 15) is 9.59 Å². The summed E-state index contributed by atoms with van der Waals surface area (Å²) in [5.74, 6) is -0.103. The van der Waals surface area contributed by atoms with Crippen LogP contribution in [0.1, 0.15) is 5.56 Å². The van der Waals surface area contributed by atoms with Crippen LogP contribution in [0.25, 0.3) is 0 Å². The van der Waals surface area contributed by atoms with Gasteiger partial charge in [-0.2, -0.15) is 0 Å². The van der Waals surface area contributed by atoms with Crippen LogP contribution in [0.5, 0.6) is 0 Å². The zero-order valence-corrected chi connectivity index (χ0v) is 15.6. The molecule has 7 nitrogen and oxygen atoms in total. The Balaban J connectivity index is 1.73. The molecule has 3 N–H and O–H groups in total. The van der Waals surface area contributed by atoms with Gasteiger partial charge in [0.1, 0.15) is 0 Å². The number of nitrogens with zero attached hydrogens (tertiary/aromatic N) is 1. The van der Waals surface area contributed by atoms with Gasteiger partial charge in [-0.15, -0.1) is 0 Å². The number of anilines is 1. The molecule has 0 radical (unpaired) electrons. The lowest BCUT2D eigenvalue weighted by atomic mass is 10.0. The molecule has 0 saturated heterocycles. The number of nitrogens with one attached hydrogen (secondary N) is 3. The molecule has 0 spiro atoms. The van der Waals surface area contributed by atoms with Crippen LogP contribution < -0.4 is 16.0 Å². The molecule has 1 heterocycles. The van der Waals surface area contributed by atoms with Crippen molar-refractivity contribution in [3.63, 3.8) is 0 Å². The number of halogens is 2. The SMILES string of the molecule is O=C1CON=C([C@H](Cc2ccc(Cl)cc2)NC(=O)Nc2ccc(Cl)cc2)N1. The molecule has 1 aliphatic rings. The first-order valence-corrected chi connectivity index (χ1v) is 8.82. The lowest BCUT2D eigenvalue weighted by molar-refractivity contribution is -0.125. The third-order valence-corrected chi connectivity index (χ3v) is 4.22. The van der Waals surface area contributed by atoms with Crippen LogP contribution in [-0.4, -0.2) is 30.4 Å². The van der Waals surface area contributed by atoms with Crippen molar-refractivity contribution in [2.24, 2.45) is 5.16 Å². The minimum atomic E-state index is -0.609. The quantitative estimate of drug-likeness (QED) is 0.711. The van der Waals surface area contributed by atoms with E-state index in [0.717, 1.165) is 5.56 Å². The van der Waals surface area contributed by atoms with Crippen LogP contribution in [0, 0.1) is 0 Å². The highest BCUT2D eigenvalue weighted by molar-refractivity contribution is 6.30. The Kier molecular flexibility index (Phi) is 6.16. The summed E-state index contributed by atoms with van der Waals surface area (Å²) < 4.78 is 0. The van der Waals surface area contributed by atoms with Gasteiger partial charge in [-0.3, -0.25) is 4.79 Å². The van der Waals surface area contributed by atoms with Crippen molar-refractivity contribution in [2.45, 2.75) is 12.5 Å². The maximum absolute atomic E-state index is 12.4. The number of amidine groups is 1. The molecule has 0 unspecified atom stereocenters. The fourth-order valence-electron chi connectivity index (χ4n) is 2.44. The van der Waals surface area contributed by atoms with Crippen molar-refractivity contribution in [1.82, 2.24) is 10.6 Å². The molecule has 0 aromatic heterocycles. The van der Waals surface area contributed by atoms with E-state index < -0.39 is 12.1 Å². The molecule has 0 fully saturated rings. The highest BCUT2D eigenvalue weighted by Gasteiger charge is 2.25. The summed E-state index contributed by atoms with van der Waals surface area (Å²) in [6.45, 7) is -0.159. The average Bonchev–Trinajstić information content (AvgIpc) is 2.65. The fraction of sp³-hybridized carbons (Fsp3) is 0.167. The molecule has 1 atom stereocenters. The van der Waals surface area contributed by atoms with Gasteiger partial charge in [0.25, 0.3) is 5.91 Å². The lowest BCUT2D eigenvalue weighted by Crippen LogP contribution is -2.53. The van der Waals surface area contributed by atoms with Gasteiger partial charge in [-0.1, -0.05) is 40.5 Å². The minimum Gasteiger partial charge on any atom is -0.384 e. The number of oxime groups is 1. The Labute approximate surface area is 165 Å². The average molecular weight is 407 g/mol. The molecule has 3 rings (SSSR count). The molecule has 2 aromatic carbocycles. The molecule has 0 bridgehead atoms. The van der Waals surface area contributed by atoms with Gasteiger partial charge in [0, 0.05) is 22.2 Å². The Morgan fingerprint density at radius 1 is 1.11 bits per heavy atom. The van der Waals surface area contributed by atoms with E-state index in [-0.39, 0.29) is 18.3 Å². The topological polar surface area (TPSA) is 91.8 Å². The lowest BCUT2D eigenvalue weighted by Gasteiger charge is -2.23. The van der Waals surface area contributed by atoms with Crippen LogP contribution in [0.4, 0.5) is 10.5 Å². The number of rotatable bonds is 5. The number of urea groups is 1. The Morgan fingerprint density at radius 3 is 2.37 bits per heavy atom. The van der Waals surface area contributed by atoms with Gasteiger partial charge in [0.2, 0.25) is 0 Å². The van der Waals surface area contributed by atoms with Gasteiger partial charge >= 0.3 is 6.03 Å². The predicted molar refractivity (Wildman–Crippen MR) is 104 cm³/mol. The molecule has 0 aliphatic carbocycles. The maximum atomic E-state index is 12.4. The molecular weight excluding hydrogens is 391 g/mol. The molecule has 2 aromatic rings. The van der Waals surface area contributed by atoms with Crippen molar-refractivity contribution >= 4 is 46.7 Å². The third-order valence-electron chi connectivity index (χ3n) is 3.72. The first-order valence-electron chi connectivity index (χ1n) is 8.07. The molecule has 27 heavy (non-hydrogen) atoms. The van der Waals surface area contributed by atoms with Gasteiger partial charge < -0.3 is 20.8 Å².